The van der Waals surface area contributed by atoms with Crippen molar-refractivity contribution in [3.8, 4) is 0 Å². The van der Waals surface area contributed by atoms with Crippen LogP contribution in [0.15, 0.2) is 35.3 Å². The minimum absolute atomic E-state index is 0.343. The van der Waals surface area contributed by atoms with Crippen molar-refractivity contribution in [2.45, 2.75) is 39.8 Å². The topological polar surface area (TPSA) is 15.6 Å². The van der Waals surface area contributed by atoms with E-state index in [4.69, 9.17) is 0 Å². The van der Waals surface area contributed by atoms with E-state index in [2.05, 4.69) is 49.7 Å². The summed E-state index contributed by atoms with van der Waals surface area (Å²) in [5.41, 5.74) is 1.19. The highest BCUT2D eigenvalue weighted by Crippen LogP contribution is 2.14. The fourth-order valence-electron chi connectivity index (χ4n) is 1.30. The molecule has 0 heterocycles. The van der Waals surface area contributed by atoms with Crippen LogP contribution < -0.4 is 4.90 Å². The third-order valence-electron chi connectivity index (χ3n) is 2.10. The van der Waals surface area contributed by atoms with Crippen LogP contribution in [-0.4, -0.2) is 18.4 Å². The van der Waals surface area contributed by atoms with E-state index in [-0.39, 0.29) is 0 Å². The molecule has 0 aliphatic carbocycles. The second-order valence-corrected chi connectivity index (χ2v) is 4.19. The minimum atomic E-state index is 0.343. The molecule has 0 spiro atoms. The number of hydrogen-bond donors (Lipinski definition) is 0. The van der Waals surface area contributed by atoms with Crippen molar-refractivity contribution < 1.29 is 0 Å². The van der Waals surface area contributed by atoms with Crippen LogP contribution in [0, 0.1) is 0 Å². The summed E-state index contributed by atoms with van der Waals surface area (Å²) in [6, 6.07) is 11.1. The van der Waals surface area contributed by atoms with E-state index in [1.165, 1.54) is 5.69 Å². The average Bonchev–Trinajstić information content (AvgIpc) is 2.18. The summed E-state index contributed by atoms with van der Waals surface area (Å²) in [6.45, 7) is 8.50. The number of aliphatic imine (C=N–C) groups is 1. The van der Waals surface area contributed by atoms with Crippen LogP contribution in [0.3, 0.4) is 0 Å². The van der Waals surface area contributed by atoms with E-state index >= 15 is 0 Å². The molecular formula is C13H20N2. The van der Waals surface area contributed by atoms with Crippen LogP contribution in [0.1, 0.15) is 27.7 Å². The van der Waals surface area contributed by atoms with Crippen molar-refractivity contribution in [1.82, 2.24) is 0 Å². The maximum Gasteiger partial charge on any atom is 0.0899 e. The Kier molecular flexibility index (Phi) is 4.35. The van der Waals surface area contributed by atoms with E-state index < -0.39 is 0 Å². The Balaban J connectivity index is 2.84. The normalized spacial score (nSPS) is 11.6. The molecule has 0 amide bonds. The zero-order valence-corrected chi connectivity index (χ0v) is 10.0. The molecule has 1 rings (SSSR count). The zero-order valence-electron chi connectivity index (χ0n) is 10.0. The Morgan fingerprint density at radius 1 is 1.07 bits per heavy atom. The highest BCUT2D eigenvalue weighted by molar-refractivity contribution is 5.79. The second-order valence-electron chi connectivity index (χ2n) is 4.19. The average molecular weight is 204 g/mol. The molecule has 2 heteroatoms. The van der Waals surface area contributed by atoms with Crippen molar-refractivity contribution in [3.63, 3.8) is 0 Å². The monoisotopic (exact) mass is 204 g/mol. The van der Waals surface area contributed by atoms with Crippen molar-refractivity contribution in [1.29, 1.82) is 0 Å². The molecule has 0 radical (unpaired) electrons. The van der Waals surface area contributed by atoms with Crippen LogP contribution in [0.2, 0.25) is 0 Å². The third-order valence-corrected chi connectivity index (χ3v) is 2.10. The largest absolute Gasteiger partial charge is 0.330 e. The SMILES string of the molecule is CC(C)N=CN(c1ccccc1)C(C)C. The first kappa shape index (κ1) is 11.8. The first-order chi connectivity index (χ1) is 7.11. The molecule has 0 fully saturated rings. The molecule has 0 N–H and O–H groups in total. The van der Waals surface area contributed by atoms with Gasteiger partial charge in [-0.25, -0.2) is 0 Å². The minimum Gasteiger partial charge on any atom is -0.330 e. The quantitative estimate of drug-likeness (QED) is 0.542. The lowest BCUT2D eigenvalue weighted by atomic mass is 10.2. The number of rotatable bonds is 4. The Morgan fingerprint density at radius 2 is 1.67 bits per heavy atom. The standard InChI is InChI=1S/C13H20N2/c1-11(2)14-10-15(12(3)4)13-8-6-5-7-9-13/h5-12H,1-4H3. The van der Waals surface area contributed by atoms with Crippen molar-refractivity contribution in [3.05, 3.63) is 30.3 Å². The fourth-order valence-corrected chi connectivity index (χ4v) is 1.30. The van der Waals surface area contributed by atoms with Gasteiger partial charge in [-0.3, -0.25) is 4.99 Å². The molecule has 0 aromatic heterocycles. The van der Waals surface area contributed by atoms with Gasteiger partial charge in [0.15, 0.2) is 0 Å². The first-order valence-electron chi connectivity index (χ1n) is 5.48. The number of anilines is 1. The Labute approximate surface area is 92.6 Å². The van der Waals surface area contributed by atoms with Gasteiger partial charge in [0, 0.05) is 17.8 Å². The van der Waals surface area contributed by atoms with Crippen LogP contribution in [0.25, 0.3) is 0 Å². The van der Waals surface area contributed by atoms with E-state index in [0.717, 1.165) is 0 Å². The molecule has 82 valence electrons. The van der Waals surface area contributed by atoms with Crippen molar-refractivity contribution in [2.75, 3.05) is 4.90 Å². The molecular weight excluding hydrogens is 184 g/mol. The highest BCUT2D eigenvalue weighted by atomic mass is 15.2. The molecule has 0 unspecified atom stereocenters. The predicted molar refractivity (Wildman–Crippen MR) is 67.7 cm³/mol. The summed E-state index contributed by atoms with van der Waals surface area (Å²) >= 11 is 0. The summed E-state index contributed by atoms with van der Waals surface area (Å²) in [5.74, 6) is 0. The van der Waals surface area contributed by atoms with Crippen molar-refractivity contribution >= 4 is 12.0 Å². The van der Waals surface area contributed by atoms with E-state index in [1.807, 2.05) is 24.5 Å². The molecule has 0 atom stereocenters. The summed E-state index contributed by atoms with van der Waals surface area (Å²) in [6.07, 6.45) is 1.94. The molecule has 1 aromatic rings. The zero-order chi connectivity index (χ0) is 11.3. The fraction of sp³-hybridized carbons (Fsp3) is 0.462. The Bertz CT molecular complexity index is 302. The summed E-state index contributed by atoms with van der Waals surface area (Å²) < 4.78 is 0. The molecule has 0 aliphatic heterocycles. The van der Waals surface area contributed by atoms with Crippen molar-refractivity contribution in [2.24, 2.45) is 4.99 Å². The molecule has 1 aromatic carbocycles. The molecule has 0 saturated carbocycles. The van der Waals surface area contributed by atoms with Gasteiger partial charge in [0.25, 0.3) is 0 Å². The van der Waals surface area contributed by atoms with Crippen LogP contribution in [0.4, 0.5) is 5.69 Å². The maximum atomic E-state index is 4.42. The second kappa shape index (κ2) is 5.54. The van der Waals surface area contributed by atoms with Crippen LogP contribution >= 0.6 is 0 Å². The van der Waals surface area contributed by atoms with E-state index in [0.29, 0.717) is 12.1 Å². The summed E-state index contributed by atoms with van der Waals surface area (Å²) in [5, 5.41) is 0. The smallest absolute Gasteiger partial charge is 0.0899 e. The van der Waals surface area contributed by atoms with Gasteiger partial charge in [-0.05, 0) is 39.8 Å². The van der Waals surface area contributed by atoms with Gasteiger partial charge in [-0.1, -0.05) is 18.2 Å². The Hall–Kier alpha value is -1.31. The van der Waals surface area contributed by atoms with Gasteiger partial charge in [0.2, 0.25) is 0 Å². The molecule has 0 saturated heterocycles. The maximum absolute atomic E-state index is 4.42. The number of para-hydroxylation sites is 1. The van der Waals surface area contributed by atoms with E-state index in [1.54, 1.807) is 0 Å². The number of benzene rings is 1. The van der Waals surface area contributed by atoms with Gasteiger partial charge in [0.05, 0.1) is 6.34 Å². The van der Waals surface area contributed by atoms with Crippen LogP contribution in [-0.2, 0) is 0 Å². The lowest BCUT2D eigenvalue weighted by Gasteiger charge is -2.24. The van der Waals surface area contributed by atoms with Gasteiger partial charge in [-0.2, -0.15) is 0 Å². The highest BCUT2D eigenvalue weighted by Gasteiger charge is 2.06. The summed E-state index contributed by atoms with van der Waals surface area (Å²) in [4.78, 5) is 6.60. The van der Waals surface area contributed by atoms with Gasteiger partial charge in [-0.15, -0.1) is 0 Å². The van der Waals surface area contributed by atoms with Gasteiger partial charge < -0.3 is 4.90 Å². The molecule has 2 nitrogen and oxygen atoms in total. The molecule has 0 bridgehead atoms. The number of nitrogens with zero attached hydrogens (tertiary/aromatic N) is 2. The third kappa shape index (κ3) is 3.74. The Morgan fingerprint density at radius 3 is 2.13 bits per heavy atom. The summed E-state index contributed by atoms with van der Waals surface area (Å²) in [7, 11) is 0. The molecule has 15 heavy (non-hydrogen) atoms. The van der Waals surface area contributed by atoms with Gasteiger partial charge >= 0.3 is 0 Å². The lowest BCUT2D eigenvalue weighted by Crippen LogP contribution is -2.29. The lowest BCUT2D eigenvalue weighted by molar-refractivity contribution is 0.792. The van der Waals surface area contributed by atoms with Gasteiger partial charge in [0.1, 0.15) is 0 Å². The van der Waals surface area contributed by atoms with Crippen LogP contribution in [0.5, 0.6) is 0 Å². The first-order valence-corrected chi connectivity index (χ1v) is 5.48. The number of hydrogen-bond acceptors (Lipinski definition) is 1. The molecule has 0 aliphatic rings. The van der Waals surface area contributed by atoms with E-state index in [9.17, 15) is 0 Å². The predicted octanol–water partition coefficient (Wildman–Crippen LogP) is 3.34.